The van der Waals surface area contributed by atoms with Crippen molar-refractivity contribution in [3.63, 3.8) is 0 Å². The second kappa shape index (κ2) is 12.2. The third-order valence-electron chi connectivity index (χ3n) is 13.3. The van der Waals surface area contributed by atoms with Crippen molar-refractivity contribution in [1.29, 1.82) is 0 Å². The van der Waals surface area contributed by atoms with Crippen LogP contribution in [0, 0.1) is 0 Å². The number of para-hydroxylation sites is 3. The quantitative estimate of drug-likeness (QED) is 0.175. The van der Waals surface area contributed by atoms with Crippen LogP contribution < -0.4 is 0 Å². The lowest BCUT2D eigenvalue weighted by Crippen LogP contribution is -2.14. The summed E-state index contributed by atoms with van der Waals surface area (Å²) in [5, 5.41) is 7.25. The SMILES string of the molecule is CC1(C)c2ccccc2-c2cc3c4cc(-c5cccc6oc7ccc(-c8ccc9c(c8)c8ccccc8n9-c8ccccc8)cc7c56)ccc4n(-c4ccccc4)c3cc21. The van der Waals surface area contributed by atoms with Crippen LogP contribution in [0.1, 0.15) is 25.0 Å². The molecule has 13 rings (SSSR count). The molecule has 0 unspecified atom stereocenters. The highest BCUT2D eigenvalue weighted by atomic mass is 16.3. The first-order valence-corrected chi connectivity index (χ1v) is 20.8. The molecule has 282 valence electrons. The summed E-state index contributed by atoms with van der Waals surface area (Å²) in [6.45, 7) is 4.72. The van der Waals surface area contributed by atoms with E-state index in [0.717, 1.165) is 38.9 Å². The summed E-state index contributed by atoms with van der Waals surface area (Å²) in [6.07, 6.45) is 0. The molecular formula is C57H38N2O. The minimum atomic E-state index is -0.0904. The molecule has 3 heterocycles. The Morgan fingerprint density at radius 1 is 0.350 bits per heavy atom. The number of fused-ring (bicyclic) bond motifs is 12. The number of benzene rings is 9. The highest BCUT2D eigenvalue weighted by Gasteiger charge is 2.36. The molecule has 9 aromatic carbocycles. The van der Waals surface area contributed by atoms with Gasteiger partial charge in [-0.3, -0.25) is 0 Å². The van der Waals surface area contributed by atoms with Crippen molar-refractivity contribution in [3.05, 3.63) is 205 Å². The van der Waals surface area contributed by atoms with Crippen molar-refractivity contribution >= 4 is 65.6 Å². The van der Waals surface area contributed by atoms with Crippen molar-refractivity contribution < 1.29 is 4.42 Å². The number of hydrogen-bond acceptors (Lipinski definition) is 1. The van der Waals surface area contributed by atoms with Crippen LogP contribution in [-0.4, -0.2) is 9.13 Å². The standard InChI is InChI=1S/C57H38N2O/c1-57(2)48-21-11-9-18-41(48)43-33-46-45-32-37(25-28-52(45)59(53(46)34-49(43)57)39-16-7-4-8-17-39)40-20-13-23-55-56(40)47-31-36(26-29-54(47)60-55)35-24-27-51-44(30-35)42-19-10-12-22-50(42)58(51)38-14-5-3-6-15-38/h3-34H,1-2H3. The minimum absolute atomic E-state index is 0.0904. The van der Waals surface area contributed by atoms with Gasteiger partial charge in [-0.2, -0.15) is 0 Å². The average Bonchev–Trinajstić information content (AvgIpc) is 4.00. The van der Waals surface area contributed by atoms with Gasteiger partial charge in [0.15, 0.2) is 0 Å². The molecule has 60 heavy (non-hydrogen) atoms. The zero-order valence-electron chi connectivity index (χ0n) is 33.3. The highest BCUT2D eigenvalue weighted by molar-refractivity contribution is 6.17. The van der Waals surface area contributed by atoms with Gasteiger partial charge < -0.3 is 13.6 Å². The summed E-state index contributed by atoms with van der Waals surface area (Å²) in [7, 11) is 0. The van der Waals surface area contributed by atoms with Gasteiger partial charge in [0.2, 0.25) is 0 Å². The molecule has 1 aliphatic carbocycles. The summed E-state index contributed by atoms with van der Waals surface area (Å²) < 4.78 is 11.4. The molecule has 0 atom stereocenters. The Morgan fingerprint density at radius 3 is 1.70 bits per heavy atom. The van der Waals surface area contributed by atoms with E-state index < -0.39 is 0 Å². The van der Waals surface area contributed by atoms with E-state index >= 15 is 0 Å². The molecule has 0 saturated carbocycles. The van der Waals surface area contributed by atoms with Crippen LogP contribution in [0.4, 0.5) is 0 Å². The normalized spacial score (nSPS) is 13.3. The molecule has 0 aliphatic heterocycles. The van der Waals surface area contributed by atoms with Gasteiger partial charge in [-0.15, -0.1) is 0 Å². The maximum Gasteiger partial charge on any atom is 0.136 e. The molecule has 0 bridgehead atoms. The fourth-order valence-corrected chi connectivity index (χ4v) is 10.5. The maximum atomic E-state index is 6.60. The lowest BCUT2D eigenvalue weighted by molar-refractivity contribution is 0.661. The van der Waals surface area contributed by atoms with E-state index in [9.17, 15) is 0 Å². The third kappa shape index (κ3) is 4.60. The van der Waals surface area contributed by atoms with E-state index in [0.29, 0.717) is 0 Å². The van der Waals surface area contributed by atoms with Crippen LogP contribution in [-0.2, 0) is 5.41 Å². The first-order chi connectivity index (χ1) is 29.5. The lowest BCUT2D eigenvalue weighted by atomic mass is 9.82. The van der Waals surface area contributed by atoms with E-state index in [-0.39, 0.29) is 5.41 Å². The molecule has 0 amide bonds. The van der Waals surface area contributed by atoms with E-state index in [1.807, 2.05) is 0 Å². The number of nitrogens with zero attached hydrogens (tertiary/aromatic N) is 2. The Bertz CT molecular complexity index is 3730. The second-order valence-electron chi connectivity index (χ2n) is 16.9. The first-order valence-electron chi connectivity index (χ1n) is 20.8. The smallest absolute Gasteiger partial charge is 0.136 e. The molecule has 0 spiro atoms. The van der Waals surface area contributed by atoms with E-state index in [1.165, 1.54) is 82.6 Å². The molecule has 1 aliphatic rings. The van der Waals surface area contributed by atoms with Gasteiger partial charge in [0.05, 0.1) is 22.1 Å². The molecule has 3 heteroatoms. The van der Waals surface area contributed by atoms with E-state index in [4.69, 9.17) is 4.42 Å². The number of furan rings is 1. The fraction of sp³-hybridized carbons (Fsp3) is 0.0526. The van der Waals surface area contributed by atoms with Crippen molar-refractivity contribution in [2.75, 3.05) is 0 Å². The molecule has 0 fully saturated rings. The Hall–Kier alpha value is -7.62. The zero-order chi connectivity index (χ0) is 39.7. The average molecular weight is 767 g/mol. The minimum Gasteiger partial charge on any atom is -0.456 e. The molecule has 0 N–H and O–H groups in total. The van der Waals surface area contributed by atoms with Crippen LogP contribution in [0.15, 0.2) is 199 Å². The number of hydrogen-bond donors (Lipinski definition) is 0. The van der Waals surface area contributed by atoms with Crippen LogP contribution >= 0.6 is 0 Å². The number of aromatic nitrogens is 2. The molecule has 3 nitrogen and oxygen atoms in total. The summed E-state index contributed by atoms with van der Waals surface area (Å²) in [5.74, 6) is 0. The Morgan fingerprint density at radius 2 is 0.917 bits per heavy atom. The third-order valence-corrected chi connectivity index (χ3v) is 13.3. The van der Waals surface area contributed by atoms with Gasteiger partial charge >= 0.3 is 0 Å². The Labute approximate surface area is 347 Å². The van der Waals surface area contributed by atoms with Crippen LogP contribution in [0.25, 0.3) is 110 Å². The summed E-state index contributed by atoms with van der Waals surface area (Å²) in [5.41, 5.74) is 19.0. The lowest BCUT2D eigenvalue weighted by Gasteiger charge is -2.21. The zero-order valence-corrected chi connectivity index (χ0v) is 33.3. The monoisotopic (exact) mass is 766 g/mol. The van der Waals surface area contributed by atoms with Gasteiger partial charge in [-0.1, -0.05) is 123 Å². The van der Waals surface area contributed by atoms with Gasteiger partial charge in [-0.25, -0.2) is 0 Å². The molecule has 3 aromatic heterocycles. The predicted octanol–water partition coefficient (Wildman–Crippen LogP) is 15.4. The topological polar surface area (TPSA) is 23.0 Å². The molecular weight excluding hydrogens is 729 g/mol. The fourth-order valence-electron chi connectivity index (χ4n) is 10.5. The maximum absolute atomic E-state index is 6.60. The highest BCUT2D eigenvalue weighted by Crippen LogP contribution is 2.51. The molecule has 12 aromatic rings. The van der Waals surface area contributed by atoms with E-state index in [1.54, 1.807) is 0 Å². The van der Waals surface area contributed by atoms with Crippen LogP contribution in [0.2, 0.25) is 0 Å². The van der Waals surface area contributed by atoms with Crippen molar-refractivity contribution in [1.82, 2.24) is 9.13 Å². The summed E-state index contributed by atoms with van der Waals surface area (Å²) in [4.78, 5) is 0. The molecule has 0 radical (unpaired) electrons. The van der Waals surface area contributed by atoms with Crippen molar-refractivity contribution in [2.45, 2.75) is 19.3 Å². The van der Waals surface area contributed by atoms with Gasteiger partial charge in [0.25, 0.3) is 0 Å². The van der Waals surface area contributed by atoms with E-state index in [2.05, 4.69) is 217 Å². The van der Waals surface area contributed by atoms with Crippen molar-refractivity contribution in [2.24, 2.45) is 0 Å². The largest absolute Gasteiger partial charge is 0.456 e. The summed E-state index contributed by atoms with van der Waals surface area (Å²) >= 11 is 0. The second-order valence-corrected chi connectivity index (χ2v) is 16.9. The van der Waals surface area contributed by atoms with Crippen LogP contribution in [0.3, 0.4) is 0 Å². The van der Waals surface area contributed by atoms with Gasteiger partial charge in [0, 0.05) is 49.1 Å². The van der Waals surface area contributed by atoms with Crippen LogP contribution in [0.5, 0.6) is 0 Å². The Kier molecular flexibility index (Phi) is 6.78. The number of rotatable bonds is 4. The predicted molar refractivity (Wildman–Crippen MR) is 251 cm³/mol. The summed E-state index contributed by atoms with van der Waals surface area (Å²) in [6, 6.07) is 71.1. The van der Waals surface area contributed by atoms with Crippen molar-refractivity contribution in [3.8, 4) is 44.8 Å². The first kappa shape index (κ1) is 33.4. The van der Waals surface area contributed by atoms with Gasteiger partial charge in [0.1, 0.15) is 11.2 Å². The van der Waals surface area contributed by atoms with Gasteiger partial charge in [-0.05, 0) is 129 Å². The molecule has 0 saturated heterocycles. The Balaban J connectivity index is 1.01.